The van der Waals surface area contributed by atoms with Crippen molar-refractivity contribution in [3.8, 4) is 5.75 Å². The summed E-state index contributed by atoms with van der Waals surface area (Å²) in [6, 6.07) is 7.57. The van der Waals surface area contributed by atoms with E-state index in [9.17, 15) is 4.79 Å². The van der Waals surface area contributed by atoms with Crippen molar-refractivity contribution in [2.75, 3.05) is 33.4 Å². The first-order valence-corrected chi connectivity index (χ1v) is 5.93. The Balaban J connectivity index is 2.12. The van der Waals surface area contributed by atoms with Gasteiger partial charge in [-0.15, -0.1) is 0 Å². The second-order valence-corrected chi connectivity index (χ2v) is 3.79. The van der Waals surface area contributed by atoms with Crippen LogP contribution in [-0.4, -0.2) is 39.4 Å². The molecule has 1 rings (SSSR count). The third-order valence-corrected chi connectivity index (χ3v) is 2.33. The van der Waals surface area contributed by atoms with Crippen LogP contribution in [0.4, 0.5) is 4.79 Å². The van der Waals surface area contributed by atoms with Crippen LogP contribution in [0.15, 0.2) is 24.3 Å². The summed E-state index contributed by atoms with van der Waals surface area (Å²) < 4.78 is 10.4. The average Bonchev–Trinajstić information content (AvgIpc) is 2.37. The molecule has 5 heteroatoms. The quantitative estimate of drug-likeness (QED) is 0.719. The second-order valence-electron chi connectivity index (χ2n) is 3.79. The van der Waals surface area contributed by atoms with Gasteiger partial charge in [0, 0.05) is 13.7 Å². The Kier molecular flexibility index (Phi) is 6.64. The molecule has 0 saturated carbocycles. The predicted molar refractivity (Wildman–Crippen MR) is 70.0 cm³/mol. The molecule has 0 aliphatic carbocycles. The maximum atomic E-state index is 11.3. The number of hydrogen-bond acceptors (Lipinski definition) is 3. The first-order chi connectivity index (χ1) is 8.74. The van der Waals surface area contributed by atoms with Crippen LogP contribution in [0.3, 0.4) is 0 Å². The van der Waals surface area contributed by atoms with Gasteiger partial charge in [0.05, 0.1) is 13.2 Å². The van der Waals surface area contributed by atoms with Crippen LogP contribution in [0.1, 0.15) is 5.56 Å². The largest absolute Gasteiger partial charge is 0.491 e. The maximum Gasteiger partial charge on any atom is 0.314 e. The van der Waals surface area contributed by atoms with Crippen molar-refractivity contribution >= 4 is 6.03 Å². The summed E-state index contributed by atoms with van der Waals surface area (Å²) in [5, 5.41) is 5.36. The monoisotopic (exact) mass is 252 g/mol. The number of rotatable bonds is 7. The van der Waals surface area contributed by atoms with Gasteiger partial charge in [-0.05, 0) is 18.6 Å². The summed E-state index contributed by atoms with van der Waals surface area (Å²) in [4.78, 5) is 11.3. The van der Waals surface area contributed by atoms with Crippen molar-refractivity contribution in [1.29, 1.82) is 0 Å². The van der Waals surface area contributed by atoms with Crippen LogP contribution in [-0.2, 0) is 4.74 Å². The maximum absolute atomic E-state index is 11.3. The summed E-state index contributed by atoms with van der Waals surface area (Å²) in [5.74, 6) is 0.846. The number of aryl methyl sites for hydroxylation is 1. The minimum atomic E-state index is -0.208. The summed E-state index contributed by atoms with van der Waals surface area (Å²) in [6.07, 6.45) is 0. The Morgan fingerprint density at radius 2 is 1.83 bits per heavy atom. The molecule has 0 unspecified atom stereocenters. The molecule has 0 aromatic heterocycles. The lowest BCUT2D eigenvalue weighted by Gasteiger charge is -2.10. The third kappa shape index (κ3) is 5.54. The standard InChI is InChI=1S/C13H20N2O3/c1-11-5-3-4-6-12(11)18-10-8-15-13(16)14-7-9-17-2/h3-6H,7-10H2,1-2H3,(H2,14,15,16). The normalized spacial score (nSPS) is 9.89. The molecule has 0 fully saturated rings. The van der Waals surface area contributed by atoms with E-state index in [1.54, 1.807) is 7.11 Å². The van der Waals surface area contributed by atoms with Gasteiger partial charge >= 0.3 is 6.03 Å². The fourth-order valence-electron chi connectivity index (χ4n) is 1.37. The Morgan fingerprint density at radius 3 is 2.50 bits per heavy atom. The van der Waals surface area contributed by atoms with E-state index in [0.29, 0.717) is 26.3 Å². The fraction of sp³-hybridized carbons (Fsp3) is 0.462. The van der Waals surface area contributed by atoms with E-state index in [2.05, 4.69) is 10.6 Å². The number of para-hydroxylation sites is 1. The highest BCUT2D eigenvalue weighted by molar-refractivity contribution is 5.73. The van der Waals surface area contributed by atoms with Gasteiger partial charge in [0.1, 0.15) is 12.4 Å². The molecule has 2 amide bonds. The van der Waals surface area contributed by atoms with Crippen molar-refractivity contribution in [2.45, 2.75) is 6.92 Å². The van der Waals surface area contributed by atoms with Crippen LogP contribution in [0, 0.1) is 6.92 Å². The zero-order valence-corrected chi connectivity index (χ0v) is 10.9. The Bertz CT molecular complexity index is 369. The van der Waals surface area contributed by atoms with Crippen molar-refractivity contribution in [1.82, 2.24) is 10.6 Å². The summed E-state index contributed by atoms with van der Waals surface area (Å²) in [5.41, 5.74) is 1.09. The molecule has 0 aliphatic heterocycles. The van der Waals surface area contributed by atoms with Crippen LogP contribution in [0.2, 0.25) is 0 Å². The fourth-order valence-corrected chi connectivity index (χ4v) is 1.37. The molecule has 0 radical (unpaired) electrons. The number of carbonyl (C=O) groups is 1. The number of urea groups is 1. The molecule has 100 valence electrons. The lowest BCUT2D eigenvalue weighted by molar-refractivity contribution is 0.195. The van der Waals surface area contributed by atoms with Crippen molar-refractivity contribution in [3.05, 3.63) is 29.8 Å². The van der Waals surface area contributed by atoms with E-state index in [4.69, 9.17) is 9.47 Å². The number of benzene rings is 1. The molecule has 0 aliphatic rings. The van der Waals surface area contributed by atoms with Crippen LogP contribution in [0.25, 0.3) is 0 Å². The number of amides is 2. The van der Waals surface area contributed by atoms with Crippen LogP contribution >= 0.6 is 0 Å². The average molecular weight is 252 g/mol. The molecule has 0 spiro atoms. The summed E-state index contributed by atoms with van der Waals surface area (Å²) in [6.45, 7) is 3.91. The van der Waals surface area contributed by atoms with E-state index in [1.807, 2.05) is 31.2 Å². The van der Waals surface area contributed by atoms with Crippen molar-refractivity contribution in [2.24, 2.45) is 0 Å². The van der Waals surface area contributed by atoms with E-state index >= 15 is 0 Å². The Labute approximate surface area is 107 Å². The van der Waals surface area contributed by atoms with Gasteiger partial charge < -0.3 is 20.1 Å². The Morgan fingerprint density at radius 1 is 1.17 bits per heavy atom. The molecular formula is C13H20N2O3. The smallest absolute Gasteiger partial charge is 0.314 e. The SMILES string of the molecule is COCCNC(=O)NCCOc1ccccc1C. The summed E-state index contributed by atoms with van der Waals surface area (Å²) in [7, 11) is 1.59. The highest BCUT2D eigenvalue weighted by atomic mass is 16.5. The molecule has 0 atom stereocenters. The molecule has 1 aromatic carbocycles. The van der Waals surface area contributed by atoms with E-state index < -0.39 is 0 Å². The Hall–Kier alpha value is -1.75. The highest BCUT2D eigenvalue weighted by Crippen LogP contribution is 2.15. The molecule has 1 aromatic rings. The van der Waals surface area contributed by atoms with Crippen LogP contribution < -0.4 is 15.4 Å². The molecule has 18 heavy (non-hydrogen) atoms. The summed E-state index contributed by atoms with van der Waals surface area (Å²) >= 11 is 0. The molecule has 2 N–H and O–H groups in total. The zero-order chi connectivity index (χ0) is 13.2. The van der Waals surface area contributed by atoms with Gasteiger partial charge in [0.25, 0.3) is 0 Å². The first kappa shape index (κ1) is 14.3. The molecule has 0 saturated heterocycles. The van der Waals surface area contributed by atoms with E-state index in [1.165, 1.54) is 0 Å². The second kappa shape index (κ2) is 8.36. The topological polar surface area (TPSA) is 59.6 Å². The minimum Gasteiger partial charge on any atom is -0.491 e. The zero-order valence-electron chi connectivity index (χ0n) is 10.9. The van der Waals surface area contributed by atoms with Gasteiger partial charge in [0.15, 0.2) is 0 Å². The number of nitrogens with one attached hydrogen (secondary N) is 2. The van der Waals surface area contributed by atoms with E-state index in [-0.39, 0.29) is 6.03 Å². The lowest BCUT2D eigenvalue weighted by Crippen LogP contribution is -2.39. The van der Waals surface area contributed by atoms with Gasteiger partial charge in [-0.2, -0.15) is 0 Å². The van der Waals surface area contributed by atoms with Gasteiger partial charge in [-0.25, -0.2) is 4.79 Å². The van der Waals surface area contributed by atoms with Crippen molar-refractivity contribution < 1.29 is 14.3 Å². The number of carbonyl (C=O) groups excluding carboxylic acids is 1. The molecule has 0 bridgehead atoms. The van der Waals surface area contributed by atoms with Gasteiger partial charge in [0.2, 0.25) is 0 Å². The predicted octanol–water partition coefficient (Wildman–Crippen LogP) is 1.32. The number of hydrogen-bond donors (Lipinski definition) is 2. The molecule has 5 nitrogen and oxygen atoms in total. The number of ether oxygens (including phenoxy) is 2. The van der Waals surface area contributed by atoms with Gasteiger partial charge in [-0.3, -0.25) is 0 Å². The first-order valence-electron chi connectivity index (χ1n) is 5.93. The van der Waals surface area contributed by atoms with Crippen molar-refractivity contribution in [3.63, 3.8) is 0 Å². The van der Waals surface area contributed by atoms with Crippen LogP contribution in [0.5, 0.6) is 5.75 Å². The highest BCUT2D eigenvalue weighted by Gasteiger charge is 2.00. The molecular weight excluding hydrogens is 232 g/mol. The minimum absolute atomic E-state index is 0.208. The molecule has 0 heterocycles. The third-order valence-electron chi connectivity index (χ3n) is 2.33. The lowest BCUT2D eigenvalue weighted by atomic mass is 10.2. The van der Waals surface area contributed by atoms with Gasteiger partial charge in [-0.1, -0.05) is 18.2 Å². The van der Waals surface area contributed by atoms with E-state index in [0.717, 1.165) is 11.3 Å². The number of methoxy groups -OCH3 is 1.